The average molecular weight is 497 g/mol. The van der Waals surface area contributed by atoms with Crippen LogP contribution >= 0.6 is 0 Å². The summed E-state index contributed by atoms with van der Waals surface area (Å²) in [7, 11) is 0. The summed E-state index contributed by atoms with van der Waals surface area (Å²) in [6.45, 7) is 5.17. The first-order chi connectivity index (χ1) is 17.3. The molecule has 0 bridgehead atoms. The quantitative estimate of drug-likeness (QED) is 0.506. The normalized spacial score (nSPS) is 25.0. The van der Waals surface area contributed by atoms with E-state index in [9.17, 15) is 24.0 Å². The van der Waals surface area contributed by atoms with E-state index in [1.54, 1.807) is 12.1 Å². The number of piperazine rings is 1. The summed E-state index contributed by atoms with van der Waals surface area (Å²) >= 11 is 0. The maximum atomic E-state index is 13.4. The lowest BCUT2D eigenvalue weighted by Crippen LogP contribution is -2.54. The lowest BCUT2D eigenvalue weighted by atomic mass is 10.0. The molecule has 11 heteroatoms. The lowest BCUT2D eigenvalue weighted by molar-refractivity contribution is -0.136. The predicted molar refractivity (Wildman–Crippen MR) is 130 cm³/mol. The molecular formula is C25H32N6O5. The fourth-order valence-corrected chi connectivity index (χ4v) is 5.60. The van der Waals surface area contributed by atoms with E-state index in [4.69, 9.17) is 5.73 Å². The zero-order valence-electron chi connectivity index (χ0n) is 20.3. The zero-order valence-corrected chi connectivity index (χ0v) is 20.3. The number of amides is 5. The van der Waals surface area contributed by atoms with Gasteiger partial charge in [-0.1, -0.05) is 6.07 Å². The van der Waals surface area contributed by atoms with Crippen LogP contribution in [0.5, 0.6) is 0 Å². The number of benzene rings is 1. The average Bonchev–Trinajstić information content (AvgIpc) is 3.41. The molecule has 1 aromatic carbocycles. The number of imide groups is 2. The molecule has 3 saturated heterocycles. The van der Waals surface area contributed by atoms with Gasteiger partial charge < -0.3 is 15.5 Å². The van der Waals surface area contributed by atoms with Crippen molar-refractivity contribution in [3.8, 4) is 0 Å². The number of nitrogens with zero attached hydrogens (tertiary/aromatic N) is 4. The Morgan fingerprint density at radius 2 is 1.78 bits per heavy atom. The molecule has 4 aliphatic rings. The Kier molecular flexibility index (Phi) is 6.76. The molecule has 5 rings (SSSR count). The van der Waals surface area contributed by atoms with E-state index in [0.29, 0.717) is 42.9 Å². The van der Waals surface area contributed by atoms with Gasteiger partial charge in [0.25, 0.3) is 11.8 Å². The molecule has 5 amide bonds. The smallest absolute Gasteiger partial charge is 0.264 e. The maximum Gasteiger partial charge on any atom is 0.264 e. The van der Waals surface area contributed by atoms with Crippen molar-refractivity contribution in [1.82, 2.24) is 20.0 Å². The summed E-state index contributed by atoms with van der Waals surface area (Å²) in [6, 6.07) is 4.34. The fourth-order valence-electron chi connectivity index (χ4n) is 5.60. The third-order valence-electron chi connectivity index (χ3n) is 7.60. The molecule has 2 atom stereocenters. The van der Waals surface area contributed by atoms with E-state index >= 15 is 0 Å². The highest BCUT2D eigenvalue weighted by Gasteiger charge is 2.46. The van der Waals surface area contributed by atoms with Crippen LogP contribution in [0.4, 0.5) is 5.69 Å². The molecule has 0 radical (unpaired) electrons. The van der Waals surface area contributed by atoms with Gasteiger partial charge in [0.15, 0.2) is 0 Å². The number of carbonyl (C=O) groups excluding carboxylic acids is 5. The molecule has 11 nitrogen and oxygen atoms in total. The van der Waals surface area contributed by atoms with Crippen LogP contribution in [0.3, 0.4) is 0 Å². The molecule has 1 aromatic rings. The van der Waals surface area contributed by atoms with Gasteiger partial charge in [-0.2, -0.15) is 0 Å². The van der Waals surface area contributed by atoms with E-state index in [2.05, 4.69) is 15.1 Å². The number of anilines is 1. The molecule has 192 valence electrons. The monoisotopic (exact) mass is 496 g/mol. The van der Waals surface area contributed by atoms with Gasteiger partial charge in [-0.25, -0.2) is 0 Å². The molecule has 4 heterocycles. The number of likely N-dealkylation sites (tertiary alicyclic amines) is 1. The van der Waals surface area contributed by atoms with E-state index in [0.717, 1.165) is 43.9 Å². The largest absolute Gasteiger partial charge is 0.368 e. The highest BCUT2D eigenvalue weighted by Crippen LogP contribution is 2.34. The van der Waals surface area contributed by atoms with Crippen molar-refractivity contribution in [1.29, 1.82) is 0 Å². The van der Waals surface area contributed by atoms with Gasteiger partial charge in [0.05, 0.1) is 16.8 Å². The summed E-state index contributed by atoms with van der Waals surface area (Å²) in [5.41, 5.74) is 7.22. The van der Waals surface area contributed by atoms with Gasteiger partial charge >= 0.3 is 0 Å². The first kappa shape index (κ1) is 24.4. The predicted octanol–water partition coefficient (Wildman–Crippen LogP) is -0.450. The van der Waals surface area contributed by atoms with E-state index in [1.165, 1.54) is 0 Å². The number of rotatable bonds is 6. The van der Waals surface area contributed by atoms with Crippen LogP contribution in [0.1, 0.15) is 52.8 Å². The molecule has 0 aromatic heterocycles. The Bertz CT molecular complexity index is 1100. The molecule has 4 aliphatic heterocycles. The molecule has 3 N–H and O–H groups in total. The summed E-state index contributed by atoms with van der Waals surface area (Å²) in [5, 5.41) is 2.23. The Morgan fingerprint density at radius 1 is 1.00 bits per heavy atom. The zero-order chi connectivity index (χ0) is 25.4. The number of nitrogens with two attached hydrogens (primary N) is 1. The SMILES string of the molecule is N[C@@H]1CCN(C(=O)CCCN2CCN(c3cccc4c3C(=O)N(C3CCC(=O)NC3=O)C4=O)CC2)C1. The summed E-state index contributed by atoms with van der Waals surface area (Å²) in [4.78, 5) is 69.9. The highest BCUT2D eigenvalue weighted by molar-refractivity contribution is 6.25. The standard InChI is InChI=1S/C25H32N6O5/c26-16-8-10-30(15-16)21(33)5-2-9-28-11-13-29(14-12-28)18-4-1-3-17-22(18)25(36)31(24(17)35)19-6-7-20(32)27-23(19)34/h1,3-4,16,19H,2,5-15,26H2,(H,27,32,34)/t16-,19?/m1/s1. The second-order valence-corrected chi connectivity index (χ2v) is 9.97. The Labute approximate surface area is 209 Å². The third-order valence-corrected chi connectivity index (χ3v) is 7.60. The Hall–Kier alpha value is -3.31. The number of carbonyl (C=O) groups is 5. The third kappa shape index (κ3) is 4.60. The molecule has 36 heavy (non-hydrogen) atoms. The van der Waals surface area contributed by atoms with Crippen LogP contribution in [0.15, 0.2) is 18.2 Å². The summed E-state index contributed by atoms with van der Waals surface area (Å²) in [5.74, 6) is -1.81. The molecular weight excluding hydrogens is 464 g/mol. The minimum absolute atomic E-state index is 0.0931. The van der Waals surface area contributed by atoms with Crippen molar-refractivity contribution in [2.75, 3.05) is 50.7 Å². The van der Waals surface area contributed by atoms with Crippen molar-refractivity contribution >= 4 is 35.2 Å². The first-order valence-corrected chi connectivity index (χ1v) is 12.7. The number of piperidine rings is 1. The van der Waals surface area contributed by atoms with Crippen LogP contribution in [-0.4, -0.2) is 102 Å². The lowest BCUT2D eigenvalue weighted by Gasteiger charge is -2.36. The number of hydrogen-bond acceptors (Lipinski definition) is 8. The molecule has 0 aliphatic carbocycles. The fraction of sp³-hybridized carbons (Fsp3) is 0.560. The van der Waals surface area contributed by atoms with Crippen LogP contribution in [0.2, 0.25) is 0 Å². The van der Waals surface area contributed by atoms with Crippen molar-refractivity contribution < 1.29 is 24.0 Å². The van der Waals surface area contributed by atoms with Gasteiger partial charge in [0, 0.05) is 58.2 Å². The van der Waals surface area contributed by atoms with Gasteiger partial charge in [0.1, 0.15) is 6.04 Å². The maximum absolute atomic E-state index is 13.4. The molecule has 1 unspecified atom stereocenters. The van der Waals surface area contributed by atoms with Crippen molar-refractivity contribution in [2.24, 2.45) is 5.73 Å². The van der Waals surface area contributed by atoms with Gasteiger partial charge in [-0.15, -0.1) is 0 Å². The minimum Gasteiger partial charge on any atom is -0.368 e. The Morgan fingerprint density at radius 3 is 2.47 bits per heavy atom. The van der Waals surface area contributed by atoms with E-state index in [-0.39, 0.29) is 24.8 Å². The van der Waals surface area contributed by atoms with Crippen molar-refractivity contribution in [3.63, 3.8) is 0 Å². The molecule has 3 fully saturated rings. The summed E-state index contributed by atoms with van der Waals surface area (Å²) in [6.07, 6.45) is 2.41. The van der Waals surface area contributed by atoms with Crippen LogP contribution in [0.25, 0.3) is 0 Å². The summed E-state index contributed by atoms with van der Waals surface area (Å²) < 4.78 is 0. The number of hydrogen-bond donors (Lipinski definition) is 2. The highest BCUT2D eigenvalue weighted by atomic mass is 16.2. The Balaban J connectivity index is 1.19. The first-order valence-electron chi connectivity index (χ1n) is 12.7. The topological polar surface area (TPSA) is 136 Å². The van der Waals surface area contributed by atoms with Crippen molar-refractivity contribution in [3.05, 3.63) is 29.3 Å². The minimum atomic E-state index is -0.973. The van der Waals surface area contributed by atoms with Crippen molar-refractivity contribution in [2.45, 2.75) is 44.2 Å². The van der Waals surface area contributed by atoms with Gasteiger partial charge in [-0.05, 0) is 37.9 Å². The number of fused-ring (bicyclic) bond motifs is 1. The molecule has 0 saturated carbocycles. The van der Waals surface area contributed by atoms with Crippen LogP contribution in [-0.2, 0) is 14.4 Å². The molecule has 0 spiro atoms. The van der Waals surface area contributed by atoms with Crippen LogP contribution < -0.4 is 16.0 Å². The van der Waals surface area contributed by atoms with Gasteiger partial charge in [0.2, 0.25) is 17.7 Å². The van der Waals surface area contributed by atoms with Gasteiger partial charge in [-0.3, -0.25) is 39.1 Å². The van der Waals surface area contributed by atoms with E-state index in [1.807, 2.05) is 11.0 Å². The second-order valence-electron chi connectivity index (χ2n) is 9.97. The van der Waals surface area contributed by atoms with E-state index < -0.39 is 29.7 Å². The van der Waals surface area contributed by atoms with Crippen LogP contribution in [0, 0.1) is 0 Å². The number of nitrogens with one attached hydrogen (secondary N) is 1. The second kappa shape index (κ2) is 9.98.